The van der Waals surface area contributed by atoms with E-state index < -0.39 is 0 Å². The van der Waals surface area contributed by atoms with Crippen LogP contribution in [-0.4, -0.2) is 6.41 Å². The van der Waals surface area contributed by atoms with Gasteiger partial charge in [-0.15, -0.1) is 0 Å². The average Bonchev–Trinajstić information content (AvgIpc) is 2.19. The van der Waals surface area contributed by atoms with Gasteiger partial charge in [-0.05, 0) is 11.5 Å². The molecule has 0 aliphatic rings. The van der Waals surface area contributed by atoms with E-state index in [1.165, 1.54) is 0 Å². The molecule has 0 radical (unpaired) electrons. The van der Waals surface area contributed by atoms with E-state index in [1.54, 1.807) is 0 Å². The van der Waals surface area contributed by atoms with E-state index in [4.69, 9.17) is 0 Å². The van der Waals surface area contributed by atoms with E-state index in [-0.39, 0.29) is 0 Å². The van der Waals surface area contributed by atoms with E-state index in [0.29, 0.717) is 6.41 Å². The van der Waals surface area contributed by atoms with Crippen molar-refractivity contribution in [3.63, 3.8) is 0 Å². The third kappa shape index (κ3) is 1.38. The van der Waals surface area contributed by atoms with Crippen LogP contribution in [-0.2, 0) is 4.79 Å². The molecule has 2 aromatic carbocycles. The van der Waals surface area contributed by atoms with Gasteiger partial charge in [-0.1, -0.05) is 36.4 Å². The topological polar surface area (TPSA) is 29.1 Å². The molecule has 64 valence electrons. The first-order chi connectivity index (χ1) is 6.42. The van der Waals surface area contributed by atoms with E-state index in [9.17, 15) is 4.79 Å². The van der Waals surface area contributed by atoms with Crippen molar-refractivity contribution in [3.05, 3.63) is 42.5 Å². The third-order valence-electron chi connectivity index (χ3n) is 2.00. The number of fused-ring (bicyclic) bond motifs is 1. The van der Waals surface area contributed by atoms with Crippen molar-refractivity contribution in [1.29, 1.82) is 0 Å². The molecule has 2 heteroatoms. The summed E-state index contributed by atoms with van der Waals surface area (Å²) < 4.78 is 0. The Hall–Kier alpha value is -1.83. The van der Waals surface area contributed by atoms with Crippen LogP contribution in [0.4, 0.5) is 5.69 Å². The summed E-state index contributed by atoms with van der Waals surface area (Å²) in [7, 11) is 0. The monoisotopic (exact) mass is 171 g/mol. The van der Waals surface area contributed by atoms with Gasteiger partial charge in [0, 0.05) is 11.1 Å². The van der Waals surface area contributed by atoms with E-state index >= 15 is 0 Å². The fraction of sp³-hybridized carbons (Fsp3) is 0. The molecule has 0 aromatic heterocycles. The number of hydrogen-bond donors (Lipinski definition) is 1. The summed E-state index contributed by atoms with van der Waals surface area (Å²) in [5.74, 6) is 0. The molecule has 0 atom stereocenters. The highest BCUT2D eigenvalue weighted by molar-refractivity contribution is 5.97. The number of rotatable bonds is 2. The maximum absolute atomic E-state index is 10.3. The van der Waals surface area contributed by atoms with Crippen molar-refractivity contribution in [2.24, 2.45) is 0 Å². The quantitative estimate of drug-likeness (QED) is 0.691. The van der Waals surface area contributed by atoms with Gasteiger partial charge in [-0.2, -0.15) is 0 Å². The van der Waals surface area contributed by atoms with Gasteiger partial charge < -0.3 is 5.32 Å². The Morgan fingerprint density at radius 1 is 1.00 bits per heavy atom. The Morgan fingerprint density at radius 2 is 1.77 bits per heavy atom. The number of nitrogens with one attached hydrogen (secondary N) is 1. The standard InChI is InChI=1S/C11H9NO/c13-8-12-11-7-3-5-9-4-1-2-6-10(9)11/h1-8H,(H,12,13). The van der Waals surface area contributed by atoms with E-state index in [2.05, 4.69) is 5.32 Å². The predicted octanol–water partition coefficient (Wildman–Crippen LogP) is 2.41. The summed E-state index contributed by atoms with van der Waals surface area (Å²) in [6.07, 6.45) is 0.696. The normalized spacial score (nSPS) is 9.85. The minimum atomic E-state index is 0.696. The lowest BCUT2D eigenvalue weighted by Gasteiger charge is -2.03. The number of carbonyl (C=O) groups excluding carboxylic acids is 1. The average molecular weight is 171 g/mol. The zero-order valence-corrected chi connectivity index (χ0v) is 7.03. The van der Waals surface area contributed by atoms with Crippen LogP contribution in [0.2, 0.25) is 0 Å². The van der Waals surface area contributed by atoms with Crippen LogP contribution in [0.1, 0.15) is 0 Å². The Labute approximate surface area is 76.2 Å². The van der Waals surface area contributed by atoms with Crippen LogP contribution in [0, 0.1) is 0 Å². The summed E-state index contributed by atoms with van der Waals surface area (Å²) in [5.41, 5.74) is 0.855. The van der Waals surface area contributed by atoms with Gasteiger partial charge in [0.25, 0.3) is 0 Å². The third-order valence-corrected chi connectivity index (χ3v) is 2.00. The summed E-state index contributed by atoms with van der Waals surface area (Å²) in [5, 5.41) is 4.87. The first-order valence-corrected chi connectivity index (χ1v) is 4.10. The highest BCUT2D eigenvalue weighted by atomic mass is 16.1. The van der Waals surface area contributed by atoms with Crippen LogP contribution in [0.3, 0.4) is 0 Å². The summed E-state index contributed by atoms with van der Waals surface area (Å²) in [6, 6.07) is 13.8. The molecule has 0 saturated heterocycles. The molecule has 2 aromatic rings. The maximum Gasteiger partial charge on any atom is 0.211 e. The highest BCUT2D eigenvalue weighted by Crippen LogP contribution is 2.21. The van der Waals surface area contributed by atoms with Gasteiger partial charge >= 0.3 is 0 Å². The molecule has 1 amide bonds. The van der Waals surface area contributed by atoms with Crippen LogP contribution >= 0.6 is 0 Å². The molecule has 0 unspecified atom stereocenters. The molecule has 0 aliphatic heterocycles. The largest absolute Gasteiger partial charge is 0.328 e. The summed E-state index contributed by atoms with van der Waals surface area (Å²) >= 11 is 0. The Kier molecular flexibility index (Phi) is 1.96. The van der Waals surface area contributed by atoms with Crippen molar-refractivity contribution >= 4 is 22.9 Å². The van der Waals surface area contributed by atoms with Crippen molar-refractivity contribution in [3.8, 4) is 0 Å². The maximum atomic E-state index is 10.3. The molecule has 0 aliphatic carbocycles. The number of carbonyl (C=O) groups is 1. The van der Waals surface area contributed by atoms with Gasteiger partial charge in [-0.25, -0.2) is 0 Å². The molecule has 0 fully saturated rings. The van der Waals surface area contributed by atoms with Crippen molar-refractivity contribution < 1.29 is 4.79 Å². The lowest BCUT2D eigenvalue weighted by molar-refractivity contribution is -0.105. The number of benzene rings is 2. The zero-order chi connectivity index (χ0) is 9.10. The van der Waals surface area contributed by atoms with Gasteiger partial charge in [-0.3, -0.25) is 4.79 Å². The fourth-order valence-corrected chi connectivity index (χ4v) is 1.41. The molecule has 13 heavy (non-hydrogen) atoms. The van der Waals surface area contributed by atoms with Crippen LogP contribution < -0.4 is 5.32 Å². The van der Waals surface area contributed by atoms with Gasteiger partial charge in [0.15, 0.2) is 0 Å². The van der Waals surface area contributed by atoms with Gasteiger partial charge in [0.1, 0.15) is 0 Å². The lowest BCUT2D eigenvalue weighted by atomic mass is 10.1. The SMILES string of the molecule is O=CNc1cccc2ccccc12. The number of hydrogen-bond acceptors (Lipinski definition) is 1. The fourth-order valence-electron chi connectivity index (χ4n) is 1.41. The van der Waals surface area contributed by atoms with Crippen molar-refractivity contribution in [2.75, 3.05) is 5.32 Å². The number of anilines is 1. The van der Waals surface area contributed by atoms with E-state index in [0.717, 1.165) is 16.5 Å². The van der Waals surface area contributed by atoms with Crippen LogP contribution in [0.15, 0.2) is 42.5 Å². The molecule has 0 spiro atoms. The second-order valence-electron chi connectivity index (χ2n) is 2.79. The predicted molar refractivity (Wildman–Crippen MR) is 53.6 cm³/mol. The number of amides is 1. The van der Waals surface area contributed by atoms with E-state index in [1.807, 2.05) is 42.5 Å². The lowest BCUT2D eigenvalue weighted by Crippen LogP contribution is -1.93. The molecular formula is C11H9NO. The molecule has 2 nitrogen and oxygen atoms in total. The first-order valence-electron chi connectivity index (χ1n) is 4.10. The van der Waals surface area contributed by atoms with Crippen LogP contribution in [0.5, 0.6) is 0 Å². The Bertz CT molecular complexity index is 432. The summed E-state index contributed by atoms with van der Waals surface area (Å²) in [6.45, 7) is 0. The minimum Gasteiger partial charge on any atom is -0.328 e. The second kappa shape index (κ2) is 3.27. The van der Waals surface area contributed by atoms with Gasteiger partial charge in [0.2, 0.25) is 6.41 Å². The first kappa shape index (κ1) is 7.80. The molecular weight excluding hydrogens is 162 g/mol. The minimum absolute atomic E-state index is 0.696. The Balaban J connectivity index is 2.68. The van der Waals surface area contributed by atoms with Crippen molar-refractivity contribution in [2.45, 2.75) is 0 Å². The molecule has 0 saturated carbocycles. The molecule has 0 bridgehead atoms. The van der Waals surface area contributed by atoms with Crippen LogP contribution in [0.25, 0.3) is 10.8 Å². The Morgan fingerprint density at radius 3 is 2.62 bits per heavy atom. The molecule has 1 N–H and O–H groups in total. The smallest absolute Gasteiger partial charge is 0.211 e. The summed E-state index contributed by atoms with van der Waals surface area (Å²) in [4.78, 5) is 10.3. The zero-order valence-electron chi connectivity index (χ0n) is 7.03. The molecule has 2 rings (SSSR count). The highest BCUT2D eigenvalue weighted by Gasteiger charge is 1.96. The van der Waals surface area contributed by atoms with Gasteiger partial charge in [0.05, 0.1) is 0 Å². The van der Waals surface area contributed by atoms with Crippen molar-refractivity contribution in [1.82, 2.24) is 0 Å². The second-order valence-corrected chi connectivity index (χ2v) is 2.79. The molecule has 0 heterocycles.